The Morgan fingerprint density at radius 3 is 2.29 bits per heavy atom. The Bertz CT molecular complexity index is 629. The molecule has 1 aliphatic heterocycles. The van der Waals surface area contributed by atoms with Crippen LogP contribution in [0.2, 0.25) is 0 Å². The molecule has 1 heterocycles. The summed E-state index contributed by atoms with van der Waals surface area (Å²) in [6, 6.07) is 0. The average Bonchev–Trinajstić information content (AvgIpc) is 2.45. The first-order chi connectivity index (χ1) is 10.8. The Kier molecular flexibility index (Phi) is 10.5. The summed E-state index contributed by atoms with van der Waals surface area (Å²) >= 11 is 0. The van der Waals surface area contributed by atoms with Gasteiger partial charge in [-0.1, -0.05) is 0 Å². The Balaban J connectivity index is 0.00000529. The number of nitrogens with zero attached hydrogens (tertiary/aromatic N) is 3. The van der Waals surface area contributed by atoms with Crippen molar-refractivity contribution in [1.29, 1.82) is 0 Å². The Morgan fingerprint density at radius 2 is 1.83 bits per heavy atom. The smallest absolute Gasteiger partial charge is 0.779 e. The average molecular weight is 359 g/mol. The van der Waals surface area contributed by atoms with Crippen LogP contribution in [0.1, 0.15) is 20.3 Å². The standard InChI is InChI=1S/C15H20N3O4P.Na/c1-12-10-14(15(16-3)17-4)11-13(2)18(12)6-8-22-7-5-9-23(19,20)21;/h10-11H,5-9H2,1-2H3,(H2,19,20,21);/q;+1/p-1. The van der Waals surface area contributed by atoms with E-state index in [1.807, 2.05) is 18.7 Å². The zero-order valence-corrected chi connectivity index (χ0v) is 17.0. The van der Waals surface area contributed by atoms with Gasteiger partial charge in [0.1, 0.15) is 20.7 Å². The van der Waals surface area contributed by atoms with Crippen molar-refractivity contribution in [3.05, 3.63) is 57.8 Å². The van der Waals surface area contributed by atoms with Gasteiger partial charge in [0.25, 0.3) is 0 Å². The van der Waals surface area contributed by atoms with E-state index in [9.17, 15) is 9.46 Å². The SMILES string of the molecule is [C-]#[N+]C([N+]#[C-])=C1C=C(C)N(CCOCCCP(=O)([O-])O)C(C)=C1.[Na+]. The van der Waals surface area contributed by atoms with Gasteiger partial charge in [0.15, 0.2) is 0 Å². The predicted molar refractivity (Wildman–Crippen MR) is 84.6 cm³/mol. The van der Waals surface area contributed by atoms with Crippen molar-refractivity contribution in [2.75, 3.05) is 25.9 Å². The Hall–Kier alpha value is -0.890. The van der Waals surface area contributed by atoms with Crippen LogP contribution in [0.5, 0.6) is 0 Å². The first-order valence-electron chi connectivity index (χ1n) is 7.02. The summed E-state index contributed by atoms with van der Waals surface area (Å²) in [5.41, 5.74) is 2.43. The fourth-order valence-electron chi connectivity index (χ4n) is 2.19. The normalized spacial score (nSPS) is 16.1. The summed E-state index contributed by atoms with van der Waals surface area (Å²) in [5, 5.41) is 0. The quantitative estimate of drug-likeness (QED) is 0.276. The Labute approximate surface area is 164 Å². The molecule has 0 amide bonds. The molecule has 0 spiro atoms. The molecule has 0 fully saturated rings. The summed E-state index contributed by atoms with van der Waals surface area (Å²) in [5.74, 6) is 0.0469. The van der Waals surface area contributed by atoms with Crippen molar-refractivity contribution in [2.24, 2.45) is 0 Å². The van der Waals surface area contributed by atoms with Crippen molar-refractivity contribution in [2.45, 2.75) is 20.3 Å². The number of hydrogen-bond acceptors (Lipinski definition) is 4. The molecule has 0 aliphatic carbocycles. The summed E-state index contributed by atoms with van der Waals surface area (Å²) in [4.78, 5) is 27.7. The van der Waals surface area contributed by atoms with Crippen LogP contribution in [-0.2, 0) is 9.30 Å². The third kappa shape index (κ3) is 7.79. The van der Waals surface area contributed by atoms with E-state index in [4.69, 9.17) is 22.8 Å². The van der Waals surface area contributed by atoms with E-state index >= 15 is 0 Å². The third-order valence-corrected chi connectivity index (χ3v) is 4.12. The zero-order valence-electron chi connectivity index (χ0n) is 14.2. The molecule has 1 unspecified atom stereocenters. The fourth-order valence-corrected chi connectivity index (χ4v) is 2.71. The third-order valence-electron chi connectivity index (χ3n) is 3.24. The van der Waals surface area contributed by atoms with Gasteiger partial charge in [-0.15, -0.1) is 0 Å². The van der Waals surface area contributed by atoms with Crippen LogP contribution in [0.25, 0.3) is 9.69 Å². The van der Waals surface area contributed by atoms with Crippen molar-refractivity contribution in [3.63, 3.8) is 0 Å². The molecule has 0 aromatic carbocycles. The van der Waals surface area contributed by atoms with Crippen molar-refractivity contribution < 1.29 is 48.6 Å². The maximum absolute atomic E-state index is 10.6. The molecule has 24 heavy (non-hydrogen) atoms. The molecule has 0 radical (unpaired) electrons. The van der Waals surface area contributed by atoms with Crippen LogP contribution in [-0.4, -0.2) is 35.7 Å². The van der Waals surface area contributed by atoms with Crippen molar-refractivity contribution in [1.82, 2.24) is 4.90 Å². The molecular weight excluding hydrogens is 340 g/mol. The monoisotopic (exact) mass is 359 g/mol. The van der Waals surface area contributed by atoms with Crippen LogP contribution in [0.15, 0.2) is 34.9 Å². The van der Waals surface area contributed by atoms with E-state index in [-0.39, 0.29) is 54.6 Å². The van der Waals surface area contributed by atoms with E-state index < -0.39 is 7.60 Å². The second-order valence-electron chi connectivity index (χ2n) is 5.05. The minimum absolute atomic E-state index is 0. The summed E-state index contributed by atoms with van der Waals surface area (Å²) in [6.45, 7) is 19.0. The molecule has 0 saturated heterocycles. The van der Waals surface area contributed by atoms with Crippen LogP contribution in [0, 0.1) is 13.1 Å². The van der Waals surface area contributed by atoms with Gasteiger partial charge >= 0.3 is 35.4 Å². The van der Waals surface area contributed by atoms with E-state index in [2.05, 4.69) is 9.69 Å². The first-order valence-corrected chi connectivity index (χ1v) is 8.78. The van der Waals surface area contributed by atoms with Gasteiger partial charge in [0.05, 0.1) is 12.2 Å². The van der Waals surface area contributed by atoms with E-state index in [0.29, 0.717) is 18.7 Å². The maximum atomic E-state index is 10.6. The molecule has 1 rings (SSSR count). The summed E-state index contributed by atoms with van der Waals surface area (Å²) < 4.78 is 16.0. The van der Waals surface area contributed by atoms with Crippen LogP contribution < -0.4 is 34.5 Å². The molecule has 124 valence electrons. The molecule has 7 nitrogen and oxygen atoms in total. The van der Waals surface area contributed by atoms with E-state index in [1.165, 1.54) is 0 Å². The van der Waals surface area contributed by atoms with Gasteiger partial charge in [-0.25, -0.2) is 0 Å². The van der Waals surface area contributed by atoms with Gasteiger partial charge in [-0.2, -0.15) is 9.69 Å². The number of rotatable bonds is 7. The van der Waals surface area contributed by atoms with Crippen molar-refractivity contribution in [3.8, 4) is 0 Å². The predicted octanol–water partition coefficient (Wildman–Crippen LogP) is -0.884. The zero-order chi connectivity index (χ0) is 17.5. The van der Waals surface area contributed by atoms with E-state index in [1.54, 1.807) is 12.2 Å². The molecule has 9 heteroatoms. The topological polar surface area (TPSA) is 81.6 Å². The number of allylic oxidation sites excluding steroid dienone is 5. The van der Waals surface area contributed by atoms with Gasteiger partial charge in [-0.05, 0) is 32.4 Å². The molecule has 0 saturated carbocycles. The second-order valence-corrected chi connectivity index (χ2v) is 6.77. The second kappa shape index (κ2) is 10.9. The molecule has 0 aromatic rings. The summed E-state index contributed by atoms with van der Waals surface area (Å²) in [7, 11) is -4.20. The molecule has 1 aliphatic rings. The summed E-state index contributed by atoms with van der Waals surface area (Å²) in [6.07, 6.45) is 3.56. The molecule has 1 N–H and O–H groups in total. The van der Waals surface area contributed by atoms with Gasteiger partial charge in [0, 0.05) is 30.7 Å². The van der Waals surface area contributed by atoms with Gasteiger partial charge in [-0.3, -0.25) is 0 Å². The fraction of sp³-hybridized carbons (Fsp3) is 0.467. The number of ether oxygens (including phenoxy) is 1. The molecule has 1 atom stereocenters. The van der Waals surface area contributed by atoms with Crippen LogP contribution in [0.4, 0.5) is 0 Å². The minimum atomic E-state index is -4.20. The molecule has 0 bridgehead atoms. The Morgan fingerprint density at radius 1 is 1.29 bits per heavy atom. The van der Waals surface area contributed by atoms with Crippen LogP contribution in [0.3, 0.4) is 0 Å². The molecular formula is C15H19N3NaO4P. The van der Waals surface area contributed by atoms with E-state index in [0.717, 1.165) is 11.4 Å². The van der Waals surface area contributed by atoms with Gasteiger partial charge in [0.2, 0.25) is 0 Å². The number of hydrogen-bond donors (Lipinski definition) is 1. The largest absolute Gasteiger partial charge is 1.00 e. The van der Waals surface area contributed by atoms with Crippen molar-refractivity contribution >= 4 is 7.60 Å². The maximum Gasteiger partial charge on any atom is 1.00 e. The minimum Gasteiger partial charge on any atom is -0.779 e. The molecule has 0 aromatic heterocycles. The van der Waals surface area contributed by atoms with Crippen LogP contribution >= 0.6 is 7.60 Å². The first kappa shape index (κ1) is 23.1. The van der Waals surface area contributed by atoms with Gasteiger partial charge < -0.3 is 24.0 Å².